The number of nitro groups is 1. The van der Waals surface area contributed by atoms with Crippen LogP contribution in [0, 0.1) is 17.0 Å². The van der Waals surface area contributed by atoms with E-state index in [4.69, 9.17) is 0 Å². The van der Waals surface area contributed by atoms with Crippen LogP contribution in [0.3, 0.4) is 0 Å². The molecule has 5 rings (SSSR count). The molecule has 0 saturated heterocycles. The van der Waals surface area contributed by atoms with Crippen LogP contribution in [0.5, 0.6) is 0 Å². The molecule has 4 heterocycles. The van der Waals surface area contributed by atoms with Crippen LogP contribution in [-0.4, -0.2) is 43.2 Å². The molecule has 11 nitrogen and oxygen atoms in total. The number of hydrogen-bond acceptors (Lipinski definition) is 8. The maximum atomic E-state index is 13.2. The maximum Gasteiger partial charge on any atom is 0.311 e. The molecule has 2 N–H and O–H groups in total. The van der Waals surface area contributed by atoms with Gasteiger partial charge in [-0.1, -0.05) is 17.7 Å². The average molecular weight is 483 g/mol. The zero-order valence-electron chi connectivity index (χ0n) is 18.2. The number of aliphatic hydroxyl groups is 1. The van der Waals surface area contributed by atoms with Gasteiger partial charge in [-0.25, -0.2) is 17.4 Å². The van der Waals surface area contributed by atoms with Crippen molar-refractivity contribution >= 4 is 32.4 Å². The van der Waals surface area contributed by atoms with E-state index in [0.717, 1.165) is 21.4 Å². The lowest BCUT2D eigenvalue weighted by Crippen LogP contribution is -2.32. The molecule has 0 saturated carbocycles. The molecule has 1 aliphatic heterocycles. The average Bonchev–Trinajstić information content (AvgIpc) is 3.43. The van der Waals surface area contributed by atoms with Gasteiger partial charge in [0.25, 0.3) is 10.0 Å². The molecule has 34 heavy (non-hydrogen) atoms. The van der Waals surface area contributed by atoms with E-state index in [0.29, 0.717) is 30.5 Å². The van der Waals surface area contributed by atoms with Crippen molar-refractivity contribution in [3.05, 3.63) is 75.9 Å². The first-order valence-electron chi connectivity index (χ1n) is 10.7. The summed E-state index contributed by atoms with van der Waals surface area (Å²) in [4.78, 5) is 15.5. The normalized spacial score (nSPS) is 15.9. The Morgan fingerprint density at radius 3 is 2.74 bits per heavy atom. The van der Waals surface area contributed by atoms with Gasteiger partial charge in [0.2, 0.25) is 0 Å². The van der Waals surface area contributed by atoms with Crippen molar-refractivity contribution in [1.29, 1.82) is 0 Å². The highest BCUT2D eigenvalue weighted by molar-refractivity contribution is 7.90. The minimum atomic E-state index is -3.94. The summed E-state index contributed by atoms with van der Waals surface area (Å²) in [6.07, 6.45) is 3.83. The summed E-state index contributed by atoms with van der Waals surface area (Å²) in [5, 5.41) is 29.0. The number of anilines is 1. The molecule has 0 spiro atoms. The van der Waals surface area contributed by atoms with Crippen molar-refractivity contribution in [3.63, 3.8) is 0 Å². The van der Waals surface area contributed by atoms with Gasteiger partial charge in [-0.05, 0) is 44.0 Å². The Bertz CT molecular complexity index is 1510. The third-order valence-electron chi connectivity index (χ3n) is 6.00. The van der Waals surface area contributed by atoms with Crippen LogP contribution in [0.4, 0.5) is 11.4 Å². The van der Waals surface area contributed by atoms with Gasteiger partial charge in [0.1, 0.15) is 11.9 Å². The number of hydrogen-bond donors (Lipinski definition) is 2. The van der Waals surface area contributed by atoms with Crippen molar-refractivity contribution in [2.75, 3.05) is 5.32 Å². The molecule has 0 amide bonds. The van der Waals surface area contributed by atoms with Gasteiger partial charge in [-0.15, -0.1) is 0 Å². The van der Waals surface area contributed by atoms with E-state index < -0.39 is 14.9 Å². The van der Waals surface area contributed by atoms with Crippen LogP contribution in [0.15, 0.2) is 53.7 Å². The van der Waals surface area contributed by atoms with Crippen LogP contribution in [0.25, 0.3) is 11.0 Å². The lowest BCUT2D eigenvalue weighted by atomic mass is 10.0. The van der Waals surface area contributed by atoms with E-state index in [1.54, 1.807) is 16.8 Å². The van der Waals surface area contributed by atoms with E-state index >= 15 is 0 Å². The molecule has 0 fully saturated rings. The smallest absolute Gasteiger partial charge is 0.311 e. The Morgan fingerprint density at radius 2 is 2.03 bits per heavy atom. The Labute approximate surface area is 194 Å². The minimum absolute atomic E-state index is 0.100. The third-order valence-corrected chi connectivity index (χ3v) is 7.68. The van der Waals surface area contributed by atoms with Gasteiger partial charge in [-0.2, -0.15) is 5.10 Å². The quantitative estimate of drug-likeness (QED) is 0.315. The Hall–Kier alpha value is -3.77. The zero-order valence-corrected chi connectivity index (χ0v) is 19.1. The van der Waals surface area contributed by atoms with E-state index in [1.165, 1.54) is 24.4 Å². The second-order valence-corrected chi connectivity index (χ2v) is 10.1. The highest BCUT2D eigenvalue weighted by Crippen LogP contribution is 2.35. The van der Waals surface area contributed by atoms with Crippen molar-refractivity contribution in [1.82, 2.24) is 18.7 Å². The fraction of sp³-hybridized carbons (Fsp3) is 0.273. The number of fused-ring (bicyclic) bond motifs is 2. The predicted octanol–water partition coefficient (Wildman–Crippen LogP) is 2.61. The Morgan fingerprint density at radius 1 is 1.26 bits per heavy atom. The van der Waals surface area contributed by atoms with E-state index in [-0.39, 0.29) is 34.6 Å². The predicted molar refractivity (Wildman–Crippen MR) is 124 cm³/mol. The lowest BCUT2D eigenvalue weighted by Gasteiger charge is -2.25. The Kier molecular flexibility index (Phi) is 5.33. The van der Waals surface area contributed by atoms with Crippen molar-refractivity contribution in [2.45, 2.75) is 43.9 Å². The number of aromatic nitrogens is 4. The molecule has 0 bridgehead atoms. The van der Waals surface area contributed by atoms with Crippen LogP contribution in [0.1, 0.15) is 23.4 Å². The molecule has 1 atom stereocenters. The van der Waals surface area contributed by atoms with Gasteiger partial charge in [0.15, 0.2) is 5.65 Å². The van der Waals surface area contributed by atoms with Crippen molar-refractivity contribution < 1.29 is 18.4 Å². The fourth-order valence-corrected chi connectivity index (χ4v) is 5.56. The van der Waals surface area contributed by atoms with Gasteiger partial charge in [0, 0.05) is 17.9 Å². The molecule has 4 aromatic rings. The highest BCUT2D eigenvalue weighted by Gasteiger charge is 2.28. The van der Waals surface area contributed by atoms with Crippen LogP contribution < -0.4 is 5.32 Å². The van der Waals surface area contributed by atoms with Gasteiger partial charge in [-0.3, -0.25) is 14.8 Å². The third kappa shape index (κ3) is 3.70. The fourth-order valence-electron chi connectivity index (χ4n) is 4.26. The van der Waals surface area contributed by atoms with Crippen molar-refractivity contribution in [3.8, 4) is 0 Å². The van der Waals surface area contributed by atoms with E-state index in [9.17, 15) is 23.6 Å². The summed E-state index contributed by atoms with van der Waals surface area (Å²) in [5.74, 6) is 0. The molecule has 1 aliphatic rings. The van der Waals surface area contributed by atoms with E-state index in [1.807, 2.05) is 13.0 Å². The first kappa shape index (κ1) is 22.0. The standard InChI is InChI=1S/C22H22N6O5S/c1-14-2-6-18(7-3-14)34(32,33)27-9-8-19-21(20(28(30)31)11-23-22(19)27)24-15-4-5-17-10-16(13-29)25-26(17)12-15/h2-3,6-11,15,29H,4-5,12-13H2,1H3,(H,23,24). The van der Waals surface area contributed by atoms with Crippen LogP contribution in [-0.2, 0) is 29.6 Å². The van der Waals surface area contributed by atoms with Gasteiger partial charge in [0.05, 0.1) is 34.1 Å². The number of aliphatic hydroxyl groups excluding tert-OH is 1. The summed E-state index contributed by atoms with van der Waals surface area (Å²) < 4.78 is 29.3. The highest BCUT2D eigenvalue weighted by atomic mass is 32.2. The summed E-state index contributed by atoms with van der Waals surface area (Å²) in [6, 6.07) is 9.64. The number of benzene rings is 1. The topological polar surface area (TPSA) is 145 Å². The molecule has 1 unspecified atom stereocenters. The number of pyridine rings is 1. The maximum absolute atomic E-state index is 13.2. The molecule has 1 aromatic carbocycles. The first-order chi connectivity index (χ1) is 16.3. The zero-order chi connectivity index (χ0) is 24.0. The van der Waals surface area contributed by atoms with Gasteiger partial charge >= 0.3 is 5.69 Å². The second kappa shape index (κ2) is 8.22. The second-order valence-electron chi connectivity index (χ2n) is 8.29. The monoisotopic (exact) mass is 482 g/mol. The van der Waals surface area contributed by atoms with E-state index in [2.05, 4.69) is 15.4 Å². The van der Waals surface area contributed by atoms with Gasteiger partial charge < -0.3 is 10.4 Å². The SMILES string of the molecule is Cc1ccc(S(=O)(=O)n2ccc3c(NC4CCc5cc(CO)nn5C4)c([N+](=O)[O-])cnc32)cc1. The molecule has 12 heteroatoms. The lowest BCUT2D eigenvalue weighted by molar-refractivity contribution is -0.384. The molecular formula is C22H22N6O5S. The molecular weight excluding hydrogens is 460 g/mol. The molecule has 0 aliphatic carbocycles. The number of nitrogens with one attached hydrogen (secondary N) is 1. The summed E-state index contributed by atoms with van der Waals surface area (Å²) >= 11 is 0. The Balaban J connectivity index is 1.55. The largest absolute Gasteiger partial charge is 0.390 e. The molecule has 0 radical (unpaired) electrons. The van der Waals surface area contributed by atoms with Crippen LogP contribution in [0.2, 0.25) is 0 Å². The van der Waals surface area contributed by atoms with Crippen molar-refractivity contribution in [2.24, 2.45) is 0 Å². The summed E-state index contributed by atoms with van der Waals surface area (Å²) in [6.45, 7) is 2.17. The summed E-state index contributed by atoms with van der Waals surface area (Å²) in [5.41, 5.74) is 2.58. The molecule has 3 aromatic heterocycles. The number of aryl methyl sites for hydroxylation is 2. The minimum Gasteiger partial charge on any atom is -0.390 e. The number of rotatable bonds is 6. The molecule has 176 valence electrons. The number of nitrogens with zero attached hydrogens (tertiary/aromatic N) is 5. The first-order valence-corrected chi connectivity index (χ1v) is 12.1. The summed E-state index contributed by atoms with van der Waals surface area (Å²) in [7, 11) is -3.94. The van der Waals surface area contributed by atoms with Crippen LogP contribution >= 0.6 is 0 Å².